The van der Waals surface area contributed by atoms with Gasteiger partial charge in [0.2, 0.25) is 0 Å². The number of thiocarbonyl (C=S) groups is 1. The Morgan fingerprint density at radius 1 is 1.09 bits per heavy atom. The van der Waals surface area contributed by atoms with Crippen LogP contribution in [0.15, 0.2) is 24.3 Å². The summed E-state index contributed by atoms with van der Waals surface area (Å²) in [6.07, 6.45) is 3.30. The molecule has 0 bridgehead atoms. The fourth-order valence-corrected chi connectivity index (χ4v) is 1.84. The molecule has 0 aliphatic rings. The first-order valence-electron chi connectivity index (χ1n) is 7.11. The predicted octanol–water partition coefficient (Wildman–Crippen LogP) is 1.77. The van der Waals surface area contributed by atoms with Crippen molar-refractivity contribution in [3.63, 3.8) is 0 Å². The zero-order valence-electron chi connectivity index (χ0n) is 12.8. The van der Waals surface area contributed by atoms with Gasteiger partial charge in [0.1, 0.15) is 0 Å². The minimum Gasteiger partial charge on any atom is -0.465 e. The van der Waals surface area contributed by atoms with Crippen LogP contribution in [0.1, 0.15) is 46.9 Å². The molecule has 0 heterocycles. The molecule has 0 spiro atoms. The van der Waals surface area contributed by atoms with Gasteiger partial charge in [-0.05, 0) is 42.9 Å². The SMILES string of the molecule is CCCCCNC(=S)NNC(=O)c1ccc(C(=O)OC)cc1. The van der Waals surface area contributed by atoms with E-state index in [1.807, 2.05) is 0 Å². The number of unbranched alkanes of at least 4 members (excludes halogenated alkanes) is 2. The second-order valence-corrected chi connectivity index (χ2v) is 5.02. The molecule has 0 aliphatic heterocycles. The van der Waals surface area contributed by atoms with Gasteiger partial charge in [-0.25, -0.2) is 4.79 Å². The second-order valence-electron chi connectivity index (χ2n) is 4.61. The molecule has 0 radical (unpaired) electrons. The van der Waals surface area contributed by atoms with E-state index in [-0.39, 0.29) is 5.91 Å². The van der Waals surface area contributed by atoms with Gasteiger partial charge in [0.25, 0.3) is 5.91 Å². The maximum atomic E-state index is 11.9. The van der Waals surface area contributed by atoms with Crippen LogP contribution in [0.4, 0.5) is 0 Å². The molecule has 0 saturated carbocycles. The van der Waals surface area contributed by atoms with Gasteiger partial charge in [0.05, 0.1) is 12.7 Å². The highest BCUT2D eigenvalue weighted by molar-refractivity contribution is 7.80. The van der Waals surface area contributed by atoms with Crippen molar-refractivity contribution in [3.8, 4) is 0 Å². The van der Waals surface area contributed by atoms with Gasteiger partial charge in [-0.2, -0.15) is 0 Å². The van der Waals surface area contributed by atoms with Crippen LogP contribution in [0.5, 0.6) is 0 Å². The Balaban J connectivity index is 2.39. The summed E-state index contributed by atoms with van der Waals surface area (Å²) in [4.78, 5) is 23.2. The van der Waals surface area contributed by atoms with Crippen LogP contribution < -0.4 is 16.2 Å². The molecule has 120 valence electrons. The summed E-state index contributed by atoms with van der Waals surface area (Å²) in [7, 11) is 1.31. The van der Waals surface area contributed by atoms with Gasteiger partial charge in [0.15, 0.2) is 5.11 Å². The number of hydrazine groups is 1. The van der Waals surface area contributed by atoms with Crippen LogP contribution in [0.2, 0.25) is 0 Å². The Morgan fingerprint density at radius 2 is 1.73 bits per heavy atom. The summed E-state index contributed by atoms with van der Waals surface area (Å²) in [5, 5.41) is 3.37. The molecule has 1 rings (SSSR count). The zero-order chi connectivity index (χ0) is 16.4. The molecule has 7 heteroatoms. The number of ether oxygens (including phenoxy) is 1. The van der Waals surface area contributed by atoms with Crippen molar-refractivity contribution in [3.05, 3.63) is 35.4 Å². The molecule has 0 saturated heterocycles. The molecule has 0 aromatic heterocycles. The third-order valence-electron chi connectivity index (χ3n) is 2.92. The number of hydrogen-bond donors (Lipinski definition) is 3. The molecular formula is C15H21N3O3S. The summed E-state index contributed by atoms with van der Waals surface area (Å²) in [6, 6.07) is 6.14. The number of benzene rings is 1. The van der Waals surface area contributed by atoms with E-state index < -0.39 is 5.97 Å². The fourth-order valence-electron chi connectivity index (χ4n) is 1.68. The van der Waals surface area contributed by atoms with Crippen molar-refractivity contribution >= 4 is 29.2 Å². The van der Waals surface area contributed by atoms with Crippen LogP contribution in [0.3, 0.4) is 0 Å². The number of carbonyl (C=O) groups excluding carboxylic acids is 2. The van der Waals surface area contributed by atoms with E-state index in [1.54, 1.807) is 12.1 Å². The highest BCUT2D eigenvalue weighted by Gasteiger charge is 2.08. The quantitative estimate of drug-likeness (QED) is 0.320. The van der Waals surface area contributed by atoms with E-state index in [2.05, 4.69) is 27.8 Å². The maximum absolute atomic E-state index is 11.9. The Labute approximate surface area is 135 Å². The molecule has 0 atom stereocenters. The third kappa shape index (κ3) is 6.09. The molecule has 0 aliphatic carbocycles. The normalized spacial score (nSPS) is 9.73. The Hall–Kier alpha value is -2.15. The van der Waals surface area contributed by atoms with Gasteiger partial charge >= 0.3 is 5.97 Å². The van der Waals surface area contributed by atoms with Crippen LogP contribution in [0, 0.1) is 0 Å². The topological polar surface area (TPSA) is 79.5 Å². The number of methoxy groups -OCH3 is 1. The molecule has 1 aromatic carbocycles. The van der Waals surface area contributed by atoms with Crippen molar-refractivity contribution < 1.29 is 14.3 Å². The van der Waals surface area contributed by atoms with E-state index in [9.17, 15) is 9.59 Å². The lowest BCUT2D eigenvalue weighted by Gasteiger charge is -2.11. The third-order valence-corrected chi connectivity index (χ3v) is 3.17. The van der Waals surface area contributed by atoms with Gasteiger partial charge in [-0.3, -0.25) is 15.6 Å². The van der Waals surface area contributed by atoms with Crippen LogP contribution in [0.25, 0.3) is 0 Å². The van der Waals surface area contributed by atoms with Crippen molar-refractivity contribution in [2.45, 2.75) is 26.2 Å². The summed E-state index contributed by atoms with van der Waals surface area (Å²) in [5.41, 5.74) is 5.93. The van der Waals surface area contributed by atoms with Gasteiger partial charge in [-0.1, -0.05) is 19.8 Å². The Morgan fingerprint density at radius 3 is 2.32 bits per heavy atom. The lowest BCUT2D eigenvalue weighted by atomic mass is 10.1. The van der Waals surface area contributed by atoms with Crippen molar-refractivity contribution in [2.75, 3.05) is 13.7 Å². The molecule has 0 fully saturated rings. The molecule has 6 nitrogen and oxygen atoms in total. The predicted molar refractivity (Wildman–Crippen MR) is 88.5 cm³/mol. The minimum absolute atomic E-state index is 0.339. The van der Waals surface area contributed by atoms with Gasteiger partial charge < -0.3 is 10.1 Å². The Bertz CT molecular complexity index is 517. The molecular weight excluding hydrogens is 302 g/mol. The van der Waals surface area contributed by atoms with E-state index in [0.29, 0.717) is 16.2 Å². The molecule has 0 unspecified atom stereocenters. The molecule has 3 N–H and O–H groups in total. The fraction of sp³-hybridized carbons (Fsp3) is 0.400. The highest BCUT2D eigenvalue weighted by Crippen LogP contribution is 2.05. The Kier molecular flexibility index (Phi) is 7.91. The number of nitrogens with one attached hydrogen (secondary N) is 3. The van der Waals surface area contributed by atoms with Crippen LogP contribution in [-0.2, 0) is 4.74 Å². The zero-order valence-corrected chi connectivity index (χ0v) is 13.6. The van der Waals surface area contributed by atoms with Crippen molar-refractivity contribution in [1.29, 1.82) is 0 Å². The van der Waals surface area contributed by atoms with Crippen molar-refractivity contribution in [1.82, 2.24) is 16.2 Å². The smallest absolute Gasteiger partial charge is 0.337 e. The van der Waals surface area contributed by atoms with Crippen LogP contribution in [-0.4, -0.2) is 30.6 Å². The number of amides is 1. The number of hydrogen-bond acceptors (Lipinski definition) is 4. The number of rotatable bonds is 6. The van der Waals surface area contributed by atoms with E-state index in [4.69, 9.17) is 12.2 Å². The van der Waals surface area contributed by atoms with Crippen molar-refractivity contribution in [2.24, 2.45) is 0 Å². The van der Waals surface area contributed by atoms with E-state index in [0.717, 1.165) is 25.8 Å². The van der Waals surface area contributed by atoms with Gasteiger partial charge in [-0.15, -0.1) is 0 Å². The first kappa shape index (κ1) is 17.9. The highest BCUT2D eigenvalue weighted by atomic mass is 32.1. The largest absolute Gasteiger partial charge is 0.465 e. The molecule has 1 amide bonds. The average molecular weight is 323 g/mol. The van der Waals surface area contributed by atoms with E-state index >= 15 is 0 Å². The van der Waals surface area contributed by atoms with Gasteiger partial charge in [0, 0.05) is 12.1 Å². The summed E-state index contributed by atoms with van der Waals surface area (Å²) < 4.78 is 4.59. The molecule has 22 heavy (non-hydrogen) atoms. The number of esters is 1. The molecule has 1 aromatic rings. The average Bonchev–Trinajstić information content (AvgIpc) is 2.56. The second kappa shape index (κ2) is 9.73. The first-order chi connectivity index (χ1) is 10.6. The number of carbonyl (C=O) groups is 2. The lowest BCUT2D eigenvalue weighted by Crippen LogP contribution is -2.46. The lowest BCUT2D eigenvalue weighted by molar-refractivity contribution is 0.0600. The maximum Gasteiger partial charge on any atom is 0.337 e. The summed E-state index contributed by atoms with van der Waals surface area (Å²) in [5.74, 6) is -0.781. The van der Waals surface area contributed by atoms with E-state index in [1.165, 1.54) is 19.2 Å². The minimum atomic E-state index is -0.442. The standard InChI is InChI=1S/C15H21N3O3S/c1-3-4-5-10-16-15(22)18-17-13(19)11-6-8-12(9-7-11)14(20)21-2/h6-9H,3-5,10H2,1-2H3,(H,17,19)(H2,16,18,22). The summed E-state index contributed by atoms with van der Waals surface area (Å²) >= 11 is 5.04. The monoisotopic (exact) mass is 323 g/mol. The first-order valence-corrected chi connectivity index (χ1v) is 7.52. The van der Waals surface area contributed by atoms with Crippen LogP contribution >= 0.6 is 12.2 Å². The summed E-state index contributed by atoms with van der Waals surface area (Å²) in [6.45, 7) is 2.89.